The van der Waals surface area contributed by atoms with Gasteiger partial charge >= 0.3 is 0 Å². The third-order valence-corrected chi connectivity index (χ3v) is 8.26. The number of hydrogen-bond acceptors (Lipinski definition) is 5. The number of rotatable bonds is 10. The molecule has 4 rings (SSSR count). The Hall–Kier alpha value is -3.56. The highest BCUT2D eigenvalue weighted by atomic mass is 32.2. The summed E-state index contributed by atoms with van der Waals surface area (Å²) in [7, 11) is -3.73. The van der Waals surface area contributed by atoms with Gasteiger partial charge in [0.05, 0.1) is 5.75 Å². The van der Waals surface area contributed by atoms with Crippen LogP contribution in [0.3, 0.4) is 0 Å². The Morgan fingerprint density at radius 2 is 1.59 bits per heavy atom. The van der Waals surface area contributed by atoms with Gasteiger partial charge in [-0.2, -0.15) is 4.31 Å². The molecular weight excluding hydrogens is 488 g/mol. The van der Waals surface area contributed by atoms with E-state index in [0.717, 1.165) is 17.5 Å². The van der Waals surface area contributed by atoms with Crippen molar-refractivity contribution in [3.05, 3.63) is 102 Å². The summed E-state index contributed by atoms with van der Waals surface area (Å²) in [5.74, 6) is -0.958. The molecule has 1 aromatic heterocycles. The van der Waals surface area contributed by atoms with E-state index in [-0.39, 0.29) is 31.2 Å². The van der Waals surface area contributed by atoms with Crippen molar-refractivity contribution in [3.8, 4) is 0 Å². The minimum Gasteiger partial charge on any atom is -0.350 e. The molecule has 2 heterocycles. The minimum atomic E-state index is -3.73. The van der Waals surface area contributed by atoms with Crippen LogP contribution in [0.15, 0.2) is 85.2 Å². The molecule has 3 aromatic rings. The van der Waals surface area contributed by atoms with Crippen LogP contribution in [0.5, 0.6) is 0 Å². The van der Waals surface area contributed by atoms with E-state index in [0.29, 0.717) is 18.4 Å². The van der Waals surface area contributed by atoms with Gasteiger partial charge < -0.3 is 10.6 Å². The largest absolute Gasteiger partial charge is 0.350 e. The van der Waals surface area contributed by atoms with Crippen LogP contribution in [0.4, 0.5) is 0 Å². The Morgan fingerprint density at radius 3 is 2.27 bits per heavy atom. The van der Waals surface area contributed by atoms with Crippen LogP contribution in [0.2, 0.25) is 0 Å². The van der Waals surface area contributed by atoms with Crippen LogP contribution in [-0.4, -0.2) is 48.1 Å². The summed E-state index contributed by atoms with van der Waals surface area (Å²) in [5, 5.41) is 5.74. The van der Waals surface area contributed by atoms with Crippen LogP contribution in [0, 0.1) is 0 Å². The van der Waals surface area contributed by atoms with Crippen molar-refractivity contribution in [2.24, 2.45) is 0 Å². The normalized spacial score (nSPS) is 17.0. The number of nitrogens with one attached hydrogen (secondary N) is 2. The summed E-state index contributed by atoms with van der Waals surface area (Å²) in [5.41, 5.74) is 2.40. The van der Waals surface area contributed by atoms with E-state index in [9.17, 15) is 18.0 Å². The number of piperidine rings is 1. The zero-order valence-electron chi connectivity index (χ0n) is 20.6. The van der Waals surface area contributed by atoms with E-state index in [1.165, 1.54) is 4.31 Å². The van der Waals surface area contributed by atoms with Gasteiger partial charge in [-0.05, 0) is 35.6 Å². The molecule has 1 saturated heterocycles. The van der Waals surface area contributed by atoms with Gasteiger partial charge in [0.1, 0.15) is 12.1 Å². The number of amides is 2. The van der Waals surface area contributed by atoms with Gasteiger partial charge in [-0.15, -0.1) is 0 Å². The third kappa shape index (κ3) is 7.47. The molecule has 8 nitrogen and oxygen atoms in total. The zero-order valence-corrected chi connectivity index (χ0v) is 21.4. The first-order chi connectivity index (χ1) is 17.9. The quantitative estimate of drug-likeness (QED) is 0.427. The van der Waals surface area contributed by atoms with Gasteiger partial charge in [-0.1, -0.05) is 73.2 Å². The van der Waals surface area contributed by atoms with Crippen LogP contribution in [0.25, 0.3) is 0 Å². The predicted octanol–water partition coefficient (Wildman–Crippen LogP) is 2.81. The molecule has 0 spiro atoms. The van der Waals surface area contributed by atoms with Gasteiger partial charge in [0.25, 0.3) is 0 Å². The Bertz CT molecular complexity index is 1270. The molecule has 1 fully saturated rings. The number of benzene rings is 2. The average Bonchev–Trinajstić information content (AvgIpc) is 2.93. The molecule has 194 valence electrons. The Morgan fingerprint density at radius 1 is 0.919 bits per heavy atom. The first-order valence-corrected chi connectivity index (χ1v) is 14.1. The summed E-state index contributed by atoms with van der Waals surface area (Å²) >= 11 is 0. The molecule has 9 heteroatoms. The number of hydrogen-bond donors (Lipinski definition) is 2. The summed E-state index contributed by atoms with van der Waals surface area (Å²) < 4.78 is 27.9. The molecule has 2 amide bonds. The minimum absolute atomic E-state index is 0.170. The van der Waals surface area contributed by atoms with Crippen LogP contribution in [0.1, 0.15) is 36.0 Å². The zero-order chi connectivity index (χ0) is 26.1. The number of pyridine rings is 1. The molecular formula is C28H32N4O4S. The summed E-state index contributed by atoms with van der Waals surface area (Å²) in [6.45, 7) is 0.554. The van der Waals surface area contributed by atoms with Gasteiger partial charge in [0.2, 0.25) is 21.8 Å². The second-order valence-electron chi connectivity index (χ2n) is 9.19. The fourth-order valence-electron chi connectivity index (χ4n) is 4.51. The molecule has 0 aliphatic carbocycles. The molecule has 37 heavy (non-hydrogen) atoms. The van der Waals surface area contributed by atoms with Crippen molar-refractivity contribution in [1.82, 2.24) is 19.9 Å². The molecule has 2 N–H and O–H groups in total. The lowest BCUT2D eigenvalue weighted by atomic mass is 10.0. The standard InChI is InChI=1S/C28H32N4O4S/c33-27(30-20-24-14-9-16-29-19-24)25(18-22-10-3-1-4-11-22)31-28(34)26-15-7-8-17-32(26)37(35,36)21-23-12-5-2-6-13-23/h1-6,9-14,16,19,25-26H,7-8,15,17-18,20-21H2,(H,30,33)(H,31,34)/t25-,26-/m0/s1. The molecule has 1 aliphatic heterocycles. The average molecular weight is 521 g/mol. The highest BCUT2D eigenvalue weighted by Crippen LogP contribution is 2.23. The highest BCUT2D eigenvalue weighted by Gasteiger charge is 2.38. The maximum atomic E-state index is 13.5. The van der Waals surface area contributed by atoms with Gasteiger partial charge in [0, 0.05) is 31.9 Å². The molecule has 2 atom stereocenters. The molecule has 0 saturated carbocycles. The van der Waals surface area contributed by atoms with E-state index in [1.54, 1.807) is 42.7 Å². The van der Waals surface area contributed by atoms with Crippen LogP contribution in [-0.2, 0) is 38.3 Å². The smallest absolute Gasteiger partial charge is 0.243 e. The van der Waals surface area contributed by atoms with Crippen molar-refractivity contribution in [1.29, 1.82) is 0 Å². The van der Waals surface area contributed by atoms with E-state index in [1.807, 2.05) is 42.5 Å². The second kappa shape index (κ2) is 12.6. The summed E-state index contributed by atoms with van der Waals surface area (Å²) in [4.78, 5) is 30.7. The number of carbonyl (C=O) groups is 2. The van der Waals surface area contributed by atoms with Crippen LogP contribution < -0.4 is 10.6 Å². The lowest BCUT2D eigenvalue weighted by Crippen LogP contribution is -2.56. The van der Waals surface area contributed by atoms with E-state index >= 15 is 0 Å². The van der Waals surface area contributed by atoms with Crippen molar-refractivity contribution in [3.63, 3.8) is 0 Å². The topological polar surface area (TPSA) is 108 Å². The fraction of sp³-hybridized carbons (Fsp3) is 0.321. The SMILES string of the molecule is O=C(NCc1cccnc1)[C@H](Cc1ccccc1)NC(=O)[C@@H]1CCCCN1S(=O)(=O)Cc1ccccc1. The van der Waals surface area contributed by atoms with Crippen molar-refractivity contribution >= 4 is 21.8 Å². The molecule has 1 aliphatic rings. The number of nitrogens with zero attached hydrogens (tertiary/aromatic N) is 2. The number of sulfonamides is 1. The van der Waals surface area contributed by atoms with Crippen molar-refractivity contribution < 1.29 is 18.0 Å². The first kappa shape index (κ1) is 26.5. The van der Waals surface area contributed by atoms with Gasteiger partial charge in [0.15, 0.2) is 0 Å². The Labute approximate surface area is 218 Å². The third-order valence-electron chi connectivity index (χ3n) is 6.41. The molecule has 0 radical (unpaired) electrons. The first-order valence-electron chi connectivity index (χ1n) is 12.5. The monoisotopic (exact) mass is 520 g/mol. The second-order valence-corrected chi connectivity index (χ2v) is 11.1. The van der Waals surface area contributed by atoms with Crippen LogP contribution >= 0.6 is 0 Å². The van der Waals surface area contributed by atoms with Crippen molar-refractivity contribution in [2.45, 2.75) is 50.1 Å². The lowest BCUT2D eigenvalue weighted by molar-refractivity contribution is -0.131. The Balaban J connectivity index is 1.49. The Kier molecular flexibility index (Phi) is 9.03. The fourth-order valence-corrected chi connectivity index (χ4v) is 6.29. The van der Waals surface area contributed by atoms with E-state index in [4.69, 9.17) is 0 Å². The summed E-state index contributed by atoms with van der Waals surface area (Å²) in [6.07, 6.45) is 5.46. The maximum Gasteiger partial charge on any atom is 0.243 e. The molecule has 2 aromatic carbocycles. The van der Waals surface area contributed by atoms with Gasteiger partial charge in [-0.3, -0.25) is 14.6 Å². The maximum absolute atomic E-state index is 13.5. The molecule has 0 bridgehead atoms. The summed E-state index contributed by atoms with van der Waals surface area (Å²) in [6, 6.07) is 20.3. The molecule has 0 unspecified atom stereocenters. The number of carbonyl (C=O) groups excluding carboxylic acids is 2. The van der Waals surface area contributed by atoms with Gasteiger partial charge in [-0.25, -0.2) is 8.42 Å². The lowest BCUT2D eigenvalue weighted by Gasteiger charge is -2.34. The predicted molar refractivity (Wildman–Crippen MR) is 142 cm³/mol. The number of aromatic nitrogens is 1. The van der Waals surface area contributed by atoms with E-state index in [2.05, 4.69) is 15.6 Å². The van der Waals surface area contributed by atoms with E-state index < -0.39 is 28.0 Å². The van der Waals surface area contributed by atoms with Crippen molar-refractivity contribution in [2.75, 3.05) is 6.54 Å². The highest BCUT2D eigenvalue weighted by molar-refractivity contribution is 7.88.